The van der Waals surface area contributed by atoms with Crippen LogP contribution < -0.4 is 20.9 Å². The maximum atomic E-state index is 5.82. The Hall–Kier alpha value is -1.26. The van der Waals surface area contributed by atoms with Gasteiger partial charge in [-0.3, -0.25) is 0 Å². The molecule has 0 saturated heterocycles. The molecule has 1 aromatic carbocycles. The van der Waals surface area contributed by atoms with Crippen LogP contribution in [0.5, 0.6) is 11.5 Å². The molecule has 0 aromatic heterocycles. The topological polar surface area (TPSA) is 70.5 Å². The Bertz CT molecular complexity index is 315. The van der Waals surface area contributed by atoms with Crippen molar-refractivity contribution in [1.29, 1.82) is 0 Å². The van der Waals surface area contributed by atoms with Crippen LogP contribution in [0.15, 0.2) is 18.2 Å². The molecule has 0 amide bonds. The molecule has 15 heavy (non-hydrogen) atoms. The Morgan fingerprint density at radius 2 is 2.07 bits per heavy atom. The van der Waals surface area contributed by atoms with Crippen molar-refractivity contribution in [1.82, 2.24) is 0 Å². The van der Waals surface area contributed by atoms with E-state index >= 15 is 0 Å². The molecule has 1 rings (SSSR count). The number of hydrogen-bond acceptors (Lipinski definition) is 4. The van der Waals surface area contributed by atoms with Gasteiger partial charge in [-0.2, -0.15) is 0 Å². The predicted molar refractivity (Wildman–Crippen MR) is 60.1 cm³/mol. The molecule has 0 aliphatic heterocycles. The van der Waals surface area contributed by atoms with E-state index in [9.17, 15) is 0 Å². The fraction of sp³-hybridized carbons (Fsp3) is 0.455. The molecule has 4 heteroatoms. The van der Waals surface area contributed by atoms with Gasteiger partial charge in [0.1, 0.15) is 0 Å². The molecule has 0 bridgehead atoms. The molecule has 1 aromatic rings. The van der Waals surface area contributed by atoms with E-state index in [0.29, 0.717) is 18.9 Å². The zero-order valence-electron chi connectivity index (χ0n) is 9.19. The molecule has 0 fully saturated rings. The van der Waals surface area contributed by atoms with Crippen LogP contribution in [0.4, 0.5) is 0 Å². The van der Waals surface area contributed by atoms with Crippen LogP contribution in [0.1, 0.15) is 18.5 Å². The van der Waals surface area contributed by atoms with Crippen LogP contribution in [0, 0.1) is 0 Å². The second-order valence-corrected chi connectivity index (χ2v) is 3.19. The molecule has 0 aliphatic rings. The molecule has 0 aliphatic carbocycles. The van der Waals surface area contributed by atoms with E-state index in [-0.39, 0.29) is 6.04 Å². The minimum absolute atomic E-state index is 0.158. The van der Waals surface area contributed by atoms with Crippen LogP contribution >= 0.6 is 0 Å². The number of benzene rings is 1. The fourth-order valence-electron chi connectivity index (χ4n) is 1.33. The number of ether oxygens (including phenoxy) is 2. The van der Waals surface area contributed by atoms with Crippen molar-refractivity contribution in [2.75, 3.05) is 20.3 Å². The maximum Gasteiger partial charge on any atom is 0.161 e. The third-order valence-corrected chi connectivity index (χ3v) is 2.17. The summed E-state index contributed by atoms with van der Waals surface area (Å²) in [5.74, 6) is 1.42. The molecule has 1 atom stereocenters. The van der Waals surface area contributed by atoms with E-state index in [0.717, 1.165) is 11.3 Å². The quantitative estimate of drug-likeness (QED) is 0.762. The highest BCUT2D eigenvalue weighted by Gasteiger charge is 2.09. The summed E-state index contributed by atoms with van der Waals surface area (Å²) < 4.78 is 10.6. The third kappa shape index (κ3) is 2.84. The van der Waals surface area contributed by atoms with Gasteiger partial charge in [0, 0.05) is 12.6 Å². The summed E-state index contributed by atoms with van der Waals surface area (Å²) in [6, 6.07) is 5.47. The summed E-state index contributed by atoms with van der Waals surface area (Å²) in [5.41, 5.74) is 12.3. The molecule has 0 heterocycles. The average molecular weight is 210 g/mol. The Morgan fingerprint density at radius 3 is 2.60 bits per heavy atom. The van der Waals surface area contributed by atoms with Crippen molar-refractivity contribution in [3.63, 3.8) is 0 Å². The maximum absolute atomic E-state index is 5.82. The second-order valence-electron chi connectivity index (χ2n) is 3.19. The predicted octanol–water partition coefficient (Wildman–Crippen LogP) is 1.05. The van der Waals surface area contributed by atoms with Crippen LogP contribution in [0.25, 0.3) is 0 Å². The van der Waals surface area contributed by atoms with E-state index in [4.69, 9.17) is 20.9 Å². The molecular weight excluding hydrogens is 192 g/mol. The van der Waals surface area contributed by atoms with Gasteiger partial charge in [0.2, 0.25) is 0 Å². The van der Waals surface area contributed by atoms with Gasteiger partial charge in [-0.1, -0.05) is 6.07 Å². The Kier molecular flexibility index (Phi) is 4.39. The lowest BCUT2D eigenvalue weighted by Crippen LogP contribution is -2.20. The fourth-order valence-corrected chi connectivity index (χ4v) is 1.33. The largest absolute Gasteiger partial charge is 0.493 e. The monoisotopic (exact) mass is 210 g/mol. The lowest BCUT2D eigenvalue weighted by molar-refractivity contribution is 0.310. The summed E-state index contributed by atoms with van der Waals surface area (Å²) in [4.78, 5) is 0. The minimum atomic E-state index is -0.158. The lowest BCUT2D eigenvalue weighted by Gasteiger charge is -2.13. The summed E-state index contributed by atoms with van der Waals surface area (Å²) >= 11 is 0. The normalized spacial score (nSPS) is 12.3. The van der Waals surface area contributed by atoms with Crippen molar-refractivity contribution >= 4 is 0 Å². The molecule has 0 unspecified atom stereocenters. The Labute approximate surface area is 90.2 Å². The van der Waals surface area contributed by atoms with Crippen molar-refractivity contribution in [2.24, 2.45) is 11.5 Å². The number of nitrogens with two attached hydrogens (primary N) is 2. The van der Waals surface area contributed by atoms with E-state index in [2.05, 4.69) is 0 Å². The van der Waals surface area contributed by atoms with Gasteiger partial charge < -0.3 is 20.9 Å². The van der Waals surface area contributed by atoms with Gasteiger partial charge in [0.25, 0.3) is 0 Å². The van der Waals surface area contributed by atoms with Crippen molar-refractivity contribution in [3.05, 3.63) is 23.8 Å². The highest BCUT2D eigenvalue weighted by molar-refractivity contribution is 5.43. The van der Waals surface area contributed by atoms with Crippen LogP contribution in [0.2, 0.25) is 0 Å². The first-order chi connectivity index (χ1) is 7.22. The van der Waals surface area contributed by atoms with Gasteiger partial charge in [0.05, 0.1) is 13.7 Å². The van der Waals surface area contributed by atoms with Crippen LogP contribution in [-0.4, -0.2) is 20.3 Å². The van der Waals surface area contributed by atoms with E-state index in [1.54, 1.807) is 7.11 Å². The van der Waals surface area contributed by atoms with Crippen LogP contribution in [-0.2, 0) is 0 Å². The number of methoxy groups -OCH3 is 1. The first kappa shape index (κ1) is 11.8. The van der Waals surface area contributed by atoms with Gasteiger partial charge in [0.15, 0.2) is 11.5 Å². The smallest absolute Gasteiger partial charge is 0.161 e. The van der Waals surface area contributed by atoms with E-state index in [1.165, 1.54) is 0 Å². The van der Waals surface area contributed by atoms with Crippen molar-refractivity contribution < 1.29 is 9.47 Å². The lowest BCUT2D eigenvalue weighted by atomic mass is 10.1. The van der Waals surface area contributed by atoms with Crippen molar-refractivity contribution in [2.45, 2.75) is 13.0 Å². The molecule has 0 saturated carbocycles. The number of rotatable bonds is 5. The Balaban J connectivity index is 2.96. The molecule has 4 nitrogen and oxygen atoms in total. The summed E-state index contributed by atoms with van der Waals surface area (Å²) in [6.45, 7) is 2.95. The van der Waals surface area contributed by atoms with Crippen LogP contribution in [0.3, 0.4) is 0 Å². The van der Waals surface area contributed by atoms with Crippen molar-refractivity contribution in [3.8, 4) is 11.5 Å². The molecule has 0 spiro atoms. The third-order valence-electron chi connectivity index (χ3n) is 2.17. The SMILES string of the molecule is CCOc1ccc([C@@H](N)CN)cc1OC. The zero-order valence-corrected chi connectivity index (χ0v) is 9.19. The summed E-state index contributed by atoms with van der Waals surface area (Å²) in [7, 11) is 1.61. The Morgan fingerprint density at radius 1 is 1.33 bits per heavy atom. The zero-order chi connectivity index (χ0) is 11.3. The summed E-state index contributed by atoms with van der Waals surface area (Å²) in [6.07, 6.45) is 0. The first-order valence-electron chi connectivity index (χ1n) is 4.99. The molecule has 84 valence electrons. The second kappa shape index (κ2) is 5.58. The highest BCUT2D eigenvalue weighted by atomic mass is 16.5. The highest BCUT2D eigenvalue weighted by Crippen LogP contribution is 2.29. The van der Waals surface area contributed by atoms with Gasteiger partial charge >= 0.3 is 0 Å². The molecular formula is C11H18N2O2. The standard InChI is InChI=1S/C11H18N2O2/c1-3-15-10-5-4-8(9(13)7-12)6-11(10)14-2/h4-6,9H,3,7,12-13H2,1-2H3/t9-/m0/s1. The van der Waals surface area contributed by atoms with Gasteiger partial charge in [-0.25, -0.2) is 0 Å². The first-order valence-corrected chi connectivity index (χ1v) is 4.99. The molecule has 0 radical (unpaired) electrons. The minimum Gasteiger partial charge on any atom is -0.493 e. The molecule has 4 N–H and O–H groups in total. The summed E-state index contributed by atoms with van der Waals surface area (Å²) in [5, 5.41) is 0. The van der Waals surface area contributed by atoms with Gasteiger partial charge in [-0.05, 0) is 24.6 Å². The van der Waals surface area contributed by atoms with Gasteiger partial charge in [-0.15, -0.1) is 0 Å². The average Bonchev–Trinajstić information content (AvgIpc) is 2.29. The van der Waals surface area contributed by atoms with E-state index < -0.39 is 0 Å². The number of hydrogen-bond donors (Lipinski definition) is 2. The van der Waals surface area contributed by atoms with E-state index in [1.807, 2.05) is 25.1 Å².